The maximum absolute atomic E-state index is 4.78. The summed E-state index contributed by atoms with van der Waals surface area (Å²) in [6.45, 7) is 2.10. The molecule has 7 nitrogen and oxygen atoms in total. The number of nitrogens with zero attached hydrogens (tertiary/aromatic N) is 5. The molecule has 4 heterocycles. The van der Waals surface area contributed by atoms with E-state index in [2.05, 4.69) is 52.5 Å². The number of hydrogen-bond acceptors (Lipinski definition) is 7. The number of fused-ring (bicyclic) bond motifs is 1. The third-order valence-corrected chi connectivity index (χ3v) is 6.84. The van der Waals surface area contributed by atoms with Crippen molar-refractivity contribution >= 4 is 33.5 Å². The van der Waals surface area contributed by atoms with Gasteiger partial charge in [0.25, 0.3) is 0 Å². The molecule has 0 radical (unpaired) electrons. The molecule has 4 aliphatic rings. The number of halogens is 1. The zero-order valence-electron chi connectivity index (χ0n) is 16.2. The lowest BCUT2D eigenvalue weighted by molar-refractivity contribution is 0.196. The van der Waals surface area contributed by atoms with E-state index in [0.29, 0.717) is 22.1 Å². The van der Waals surface area contributed by atoms with E-state index in [1.165, 1.54) is 38.5 Å². The van der Waals surface area contributed by atoms with Gasteiger partial charge in [-0.3, -0.25) is 0 Å². The molecule has 0 aromatic carbocycles. The summed E-state index contributed by atoms with van der Waals surface area (Å²) in [5.41, 5.74) is 1.52. The van der Waals surface area contributed by atoms with Crippen molar-refractivity contribution in [1.82, 2.24) is 25.3 Å². The molecule has 4 fully saturated rings. The lowest BCUT2D eigenvalue weighted by Crippen LogP contribution is -2.41. The first-order valence-electron chi connectivity index (χ1n) is 10.2. The lowest BCUT2D eigenvalue weighted by Gasteiger charge is -2.36. The normalized spacial score (nSPS) is 26.5. The average molecular weight is 444 g/mol. The molecule has 28 heavy (non-hydrogen) atoms. The maximum Gasteiger partial charge on any atom is 0.227 e. The summed E-state index contributed by atoms with van der Waals surface area (Å²) in [6.07, 6.45) is 9.30. The lowest BCUT2D eigenvalue weighted by atomic mass is 9.70. The summed E-state index contributed by atoms with van der Waals surface area (Å²) < 4.78 is 0.628. The van der Waals surface area contributed by atoms with Gasteiger partial charge in [0.2, 0.25) is 5.95 Å². The Morgan fingerprint density at radius 1 is 1.18 bits per heavy atom. The van der Waals surface area contributed by atoms with Crippen molar-refractivity contribution in [1.29, 1.82) is 0 Å². The number of anilines is 3. The standard InChI is InChI=1S/C20H26BrN7/c1-22-11-20-9-14(10-20)28(12-20)19-23-7-6-16(27-19)25-17-8-15(24-18(21)26-17)13-4-2-3-5-13/h6-8,13-14,22H,2-5,9-12H2,1H3,(H,23,24,25,26,27). The second kappa shape index (κ2) is 7.22. The third-order valence-electron chi connectivity index (χ3n) is 6.48. The van der Waals surface area contributed by atoms with Crippen LogP contribution in [0.25, 0.3) is 0 Å². The van der Waals surface area contributed by atoms with Gasteiger partial charge in [-0.1, -0.05) is 12.8 Å². The summed E-state index contributed by atoms with van der Waals surface area (Å²) in [5, 5.41) is 6.70. The highest BCUT2D eigenvalue weighted by Crippen LogP contribution is 2.52. The second-order valence-corrected chi connectivity index (χ2v) is 9.22. The van der Waals surface area contributed by atoms with Crippen molar-refractivity contribution in [3.8, 4) is 0 Å². The van der Waals surface area contributed by atoms with E-state index in [0.717, 1.165) is 36.4 Å². The minimum absolute atomic E-state index is 0.403. The Bertz CT molecular complexity index is 861. The summed E-state index contributed by atoms with van der Waals surface area (Å²) >= 11 is 3.47. The molecule has 0 unspecified atom stereocenters. The number of rotatable bonds is 6. The van der Waals surface area contributed by atoms with E-state index in [1.807, 2.05) is 19.3 Å². The highest BCUT2D eigenvalue weighted by atomic mass is 79.9. The quantitative estimate of drug-likeness (QED) is 0.659. The smallest absolute Gasteiger partial charge is 0.227 e. The van der Waals surface area contributed by atoms with Crippen LogP contribution in [-0.4, -0.2) is 46.1 Å². The van der Waals surface area contributed by atoms with Crippen molar-refractivity contribution in [2.45, 2.75) is 50.5 Å². The Morgan fingerprint density at radius 2 is 2.00 bits per heavy atom. The van der Waals surface area contributed by atoms with Crippen LogP contribution in [-0.2, 0) is 0 Å². The van der Waals surface area contributed by atoms with Gasteiger partial charge in [0.15, 0.2) is 4.73 Å². The van der Waals surface area contributed by atoms with Gasteiger partial charge >= 0.3 is 0 Å². The Balaban J connectivity index is 1.34. The zero-order chi connectivity index (χ0) is 19.1. The van der Waals surface area contributed by atoms with Gasteiger partial charge in [-0.2, -0.15) is 4.98 Å². The van der Waals surface area contributed by atoms with E-state index in [4.69, 9.17) is 4.98 Å². The molecule has 6 rings (SSSR count). The topological polar surface area (TPSA) is 78.9 Å². The highest BCUT2D eigenvalue weighted by molar-refractivity contribution is 9.10. The first-order valence-corrected chi connectivity index (χ1v) is 11.0. The fraction of sp³-hybridized carbons (Fsp3) is 0.600. The van der Waals surface area contributed by atoms with Crippen LogP contribution >= 0.6 is 15.9 Å². The fourth-order valence-corrected chi connectivity index (χ4v) is 5.60. The van der Waals surface area contributed by atoms with E-state index in [9.17, 15) is 0 Å². The van der Waals surface area contributed by atoms with Gasteiger partial charge in [0.05, 0.1) is 5.69 Å². The van der Waals surface area contributed by atoms with Crippen LogP contribution in [0.3, 0.4) is 0 Å². The van der Waals surface area contributed by atoms with Gasteiger partial charge in [0.1, 0.15) is 11.6 Å². The van der Waals surface area contributed by atoms with Crippen molar-refractivity contribution in [2.75, 3.05) is 30.4 Å². The molecule has 2 saturated carbocycles. The third kappa shape index (κ3) is 3.37. The maximum atomic E-state index is 4.78. The van der Waals surface area contributed by atoms with Gasteiger partial charge in [-0.05, 0) is 54.7 Å². The predicted molar refractivity (Wildman–Crippen MR) is 113 cm³/mol. The first kappa shape index (κ1) is 18.2. The summed E-state index contributed by atoms with van der Waals surface area (Å²) in [6, 6.07) is 4.54. The number of hydrogen-bond donors (Lipinski definition) is 2. The largest absolute Gasteiger partial charge is 0.337 e. The summed E-state index contributed by atoms with van der Waals surface area (Å²) in [7, 11) is 2.03. The van der Waals surface area contributed by atoms with E-state index < -0.39 is 0 Å². The van der Waals surface area contributed by atoms with Gasteiger partial charge in [-0.25, -0.2) is 15.0 Å². The molecule has 2 bridgehead atoms. The van der Waals surface area contributed by atoms with Crippen LogP contribution in [0.1, 0.15) is 50.1 Å². The van der Waals surface area contributed by atoms with Crippen molar-refractivity contribution in [3.63, 3.8) is 0 Å². The number of aromatic nitrogens is 4. The van der Waals surface area contributed by atoms with Crippen LogP contribution in [0.15, 0.2) is 23.1 Å². The Hall–Kier alpha value is -1.80. The van der Waals surface area contributed by atoms with Gasteiger partial charge in [0, 0.05) is 42.7 Å². The predicted octanol–water partition coefficient (Wildman–Crippen LogP) is 3.62. The molecule has 8 heteroatoms. The Morgan fingerprint density at radius 3 is 2.79 bits per heavy atom. The molecule has 2 N–H and O–H groups in total. The molecule has 2 aliphatic heterocycles. The first-order chi connectivity index (χ1) is 13.6. The molecular weight excluding hydrogens is 418 g/mol. The molecular formula is C20H26BrN7. The molecule has 2 aliphatic carbocycles. The van der Waals surface area contributed by atoms with Gasteiger partial charge < -0.3 is 15.5 Å². The van der Waals surface area contributed by atoms with Crippen LogP contribution in [0, 0.1) is 5.41 Å². The fourth-order valence-electron chi connectivity index (χ4n) is 5.21. The van der Waals surface area contributed by atoms with Crippen molar-refractivity contribution in [2.24, 2.45) is 5.41 Å². The minimum Gasteiger partial charge on any atom is -0.337 e. The monoisotopic (exact) mass is 443 g/mol. The van der Waals surface area contributed by atoms with Crippen molar-refractivity contribution < 1.29 is 0 Å². The molecule has 2 aromatic heterocycles. The molecule has 2 saturated heterocycles. The highest BCUT2D eigenvalue weighted by Gasteiger charge is 2.55. The second-order valence-electron chi connectivity index (χ2n) is 8.52. The zero-order valence-corrected chi connectivity index (χ0v) is 17.7. The van der Waals surface area contributed by atoms with Crippen molar-refractivity contribution in [3.05, 3.63) is 28.8 Å². The Labute approximate surface area is 173 Å². The van der Waals surface area contributed by atoms with Crippen LogP contribution in [0.5, 0.6) is 0 Å². The molecule has 2 aromatic rings. The Kier molecular flexibility index (Phi) is 4.71. The molecule has 148 valence electrons. The summed E-state index contributed by atoms with van der Waals surface area (Å²) in [4.78, 5) is 20.8. The van der Waals surface area contributed by atoms with E-state index in [-0.39, 0.29) is 0 Å². The minimum atomic E-state index is 0.403. The SMILES string of the molecule is CNCC12CC(C1)N(c1nccc(Nc3cc(C4CCCC4)nc(Br)n3)n1)C2. The van der Waals surface area contributed by atoms with Crippen LogP contribution in [0.2, 0.25) is 0 Å². The summed E-state index contributed by atoms with van der Waals surface area (Å²) in [5.74, 6) is 2.92. The van der Waals surface area contributed by atoms with Crippen LogP contribution < -0.4 is 15.5 Å². The average Bonchev–Trinajstić information content (AvgIpc) is 3.37. The molecule has 0 atom stereocenters. The van der Waals surface area contributed by atoms with E-state index in [1.54, 1.807) is 0 Å². The molecule has 0 spiro atoms. The van der Waals surface area contributed by atoms with Gasteiger partial charge in [-0.15, -0.1) is 0 Å². The van der Waals surface area contributed by atoms with E-state index >= 15 is 0 Å². The molecule has 0 amide bonds. The van der Waals surface area contributed by atoms with Crippen LogP contribution in [0.4, 0.5) is 17.6 Å². The number of nitrogens with one attached hydrogen (secondary N) is 2.